The van der Waals surface area contributed by atoms with Crippen molar-refractivity contribution in [3.8, 4) is 22.4 Å². The predicted molar refractivity (Wildman–Crippen MR) is 148 cm³/mol. The molecular formula is C30H27FN6. The first kappa shape index (κ1) is 22.9. The Labute approximate surface area is 214 Å². The van der Waals surface area contributed by atoms with Crippen LogP contribution < -0.4 is 10.2 Å². The lowest BCUT2D eigenvalue weighted by atomic mass is 10.0. The van der Waals surface area contributed by atoms with Crippen LogP contribution in [0.3, 0.4) is 0 Å². The third kappa shape index (κ3) is 4.80. The summed E-state index contributed by atoms with van der Waals surface area (Å²) in [6.45, 7) is 6.40. The number of aromatic amines is 1. The second-order valence-corrected chi connectivity index (χ2v) is 9.35. The lowest BCUT2D eigenvalue weighted by Crippen LogP contribution is -2.29. The molecular weight excluding hydrogens is 463 g/mol. The van der Waals surface area contributed by atoms with E-state index in [0.717, 1.165) is 57.8 Å². The highest BCUT2D eigenvalue weighted by molar-refractivity contribution is 5.95. The summed E-state index contributed by atoms with van der Waals surface area (Å²) in [7, 11) is 0. The van der Waals surface area contributed by atoms with Crippen molar-refractivity contribution in [3.63, 3.8) is 0 Å². The van der Waals surface area contributed by atoms with Crippen molar-refractivity contribution < 1.29 is 4.39 Å². The van der Waals surface area contributed by atoms with Crippen LogP contribution in [0.25, 0.3) is 39.0 Å². The van der Waals surface area contributed by atoms with Crippen LogP contribution in [0.1, 0.15) is 25.0 Å². The summed E-state index contributed by atoms with van der Waals surface area (Å²) in [5.74, 6) is -0.265. The van der Waals surface area contributed by atoms with E-state index < -0.39 is 0 Å². The van der Waals surface area contributed by atoms with Crippen molar-refractivity contribution in [2.45, 2.75) is 19.3 Å². The number of nitrogens with zero attached hydrogens (tertiary/aromatic N) is 4. The number of hydrogen-bond acceptors (Lipinski definition) is 5. The monoisotopic (exact) mass is 490 g/mol. The molecule has 1 saturated heterocycles. The number of nitrogens with one attached hydrogen (secondary N) is 2. The number of halogens is 1. The third-order valence-corrected chi connectivity index (χ3v) is 6.83. The highest BCUT2D eigenvalue weighted by atomic mass is 19.1. The normalized spacial score (nSPS) is 13.6. The van der Waals surface area contributed by atoms with Crippen molar-refractivity contribution in [2.75, 3.05) is 23.3 Å². The number of rotatable bonds is 6. The fourth-order valence-corrected chi connectivity index (χ4v) is 4.83. The Bertz CT molecular complexity index is 1550. The molecule has 6 rings (SSSR count). The van der Waals surface area contributed by atoms with Crippen LogP contribution in [0.15, 0.2) is 85.8 Å². The van der Waals surface area contributed by atoms with Crippen LogP contribution in [-0.4, -0.2) is 33.3 Å². The third-order valence-electron chi connectivity index (χ3n) is 6.83. The van der Waals surface area contributed by atoms with Gasteiger partial charge in [0.15, 0.2) is 0 Å². The van der Waals surface area contributed by atoms with Crippen LogP contribution in [0, 0.1) is 5.82 Å². The van der Waals surface area contributed by atoms with Gasteiger partial charge in [-0.15, -0.1) is 0 Å². The van der Waals surface area contributed by atoms with E-state index in [1.54, 1.807) is 18.3 Å². The van der Waals surface area contributed by atoms with Gasteiger partial charge in [0.05, 0.1) is 40.7 Å². The first-order valence-electron chi connectivity index (χ1n) is 12.5. The van der Waals surface area contributed by atoms with Gasteiger partial charge in [-0.25, -0.2) is 4.39 Å². The quantitative estimate of drug-likeness (QED) is 0.271. The molecule has 1 fully saturated rings. The SMILES string of the molecule is C=C(Nc1ccc(-c2ccc(F)cc2)nc1)c1n[nH]c2ccc(-c3cncc(N4CCCCC4)c3)cc12. The minimum atomic E-state index is -0.265. The smallest absolute Gasteiger partial charge is 0.123 e. The van der Waals surface area contributed by atoms with Gasteiger partial charge in [-0.05, 0) is 79.4 Å². The summed E-state index contributed by atoms with van der Waals surface area (Å²) in [5.41, 5.74) is 8.11. The van der Waals surface area contributed by atoms with Gasteiger partial charge in [0.1, 0.15) is 11.5 Å². The highest BCUT2D eigenvalue weighted by Crippen LogP contribution is 2.31. The Kier molecular flexibility index (Phi) is 6.10. The maximum Gasteiger partial charge on any atom is 0.123 e. The van der Waals surface area contributed by atoms with Gasteiger partial charge >= 0.3 is 0 Å². The number of fused-ring (bicyclic) bond motifs is 1. The van der Waals surface area contributed by atoms with Crippen LogP contribution in [0.5, 0.6) is 0 Å². The summed E-state index contributed by atoms with van der Waals surface area (Å²) in [5, 5.41) is 11.9. The van der Waals surface area contributed by atoms with Crippen molar-refractivity contribution in [1.82, 2.24) is 20.2 Å². The van der Waals surface area contributed by atoms with Crippen molar-refractivity contribution in [3.05, 3.63) is 97.3 Å². The van der Waals surface area contributed by atoms with E-state index in [-0.39, 0.29) is 5.82 Å². The Morgan fingerprint density at radius 2 is 1.68 bits per heavy atom. The van der Waals surface area contributed by atoms with E-state index in [1.165, 1.54) is 37.1 Å². The van der Waals surface area contributed by atoms with Gasteiger partial charge in [0, 0.05) is 35.8 Å². The summed E-state index contributed by atoms with van der Waals surface area (Å²) in [6, 6.07) is 18.6. The molecule has 1 aliphatic rings. The molecule has 1 aliphatic heterocycles. The van der Waals surface area contributed by atoms with Crippen LogP contribution in [0.4, 0.5) is 15.8 Å². The van der Waals surface area contributed by atoms with E-state index in [4.69, 9.17) is 0 Å². The maximum absolute atomic E-state index is 13.2. The van der Waals surface area contributed by atoms with Gasteiger partial charge in [-0.2, -0.15) is 5.10 Å². The van der Waals surface area contributed by atoms with Crippen molar-refractivity contribution in [1.29, 1.82) is 0 Å². The van der Waals surface area contributed by atoms with E-state index >= 15 is 0 Å². The zero-order valence-electron chi connectivity index (χ0n) is 20.4. The van der Waals surface area contributed by atoms with Gasteiger partial charge in [-0.3, -0.25) is 15.1 Å². The summed E-state index contributed by atoms with van der Waals surface area (Å²) < 4.78 is 13.2. The second-order valence-electron chi connectivity index (χ2n) is 9.35. The van der Waals surface area contributed by atoms with Gasteiger partial charge in [0.2, 0.25) is 0 Å². The van der Waals surface area contributed by atoms with Gasteiger partial charge < -0.3 is 10.2 Å². The predicted octanol–water partition coefficient (Wildman–Crippen LogP) is 6.90. The Hall–Kier alpha value is -4.52. The molecule has 37 heavy (non-hydrogen) atoms. The molecule has 0 saturated carbocycles. The molecule has 2 aromatic carbocycles. The minimum Gasteiger partial charge on any atom is -0.370 e. The number of H-pyrrole nitrogens is 1. The van der Waals surface area contributed by atoms with Crippen molar-refractivity contribution in [2.24, 2.45) is 0 Å². The van der Waals surface area contributed by atoms with E-state index in [2.05, 4.69) is 55.2 Å². The number of aromatic nitrogens is 4. The summed E-state index contributed by atoms with van der Waals surface area (Å²) >= 11 is 0. The largest absolute Gasteiger partial charge is 0.370 e. The Balaban J connectivity index is 1.23. The van der Waals surface area contributed by atoms with Crippen molar-refractivity contribution >= 4 is 28.0 Å². The fraction of sp³-hybridized carbons (Fsp3) is 0.167. The second kappa shape index (κ2) is 9.85. The number of hydrogen-bond donors (Lipinski definition) is 2. The molecule has 3 aromatic heterocycles. The summed E-state index contributed by atoms with van der Waals surface area (Å²) in [4.78, 5) is 11.5. The molecule has 0 amide bonds. The lowest BCUT2D eigenvalue weighted by Gasteiger charge is -2.28. The molecule has 2 N–H and O–H groups in total. The first-order chi connectivity index (χ1) is 18.1. The molecule has 4 heterocycles. The zero-order valence-corrected chi connectivity index (χ0v) is 20.4. The fourth-order valence-electron chi connectivity index (χ4n) is 4.83. The Morgan fingerprint density at radius 1 is 0.865 bits per heavy atom. The molecule has 6 nitrogen and oxygen atoms in total. The number of benzene rings is 2. The molecule has 184 valence electrons. The van der Waals surface area contributed by atoms with Crippen LogP contribution in [0.2, 0.25) is 0 Å². The maximum atomic E-state index is 13.2. The topological polar surface area (TPSA) is 69.7 Å². The van der Waals surface area contributed by atoms with Crippen LogP contribution >= 0.6 is 0 Å². The number of pyridine rings is 2. The van der Waals surface area contributed by atoms with Crippen LogP contribution in [-0.2, 0) is 0 Å². The minimum absolute atomic E-state index is 0.265. The molecule has 7 heteroatoms. The molecule has 0 bridgehead atoms. The molecule has 0 radical (unpaired) electrons. The average molecular weight is 491 g/mol. The number of anilines is 2. The molecule has 0 unspecified atom stereocenters. The molecule has 5 aromatic rings. The number of piperidine rings is 1. The highest BCUT2D eigenvalue weighted by Gasteiger charge is 2.14. The standard InChI is InChI=1S/C30H27FN6/c1-20(34-25-10-12-28(33-18-25)21-5-8-24(31)9-6-21)30-27-16-22(7-11-29(27)35-36-30)23-15-26(19-32-17-23)37-13-3-2-4-14-37/h5-12,15-19,34H,1-4,13-14H2,(H,35,36). The summed E-state index contributed by atoms with van der Waals surface area (Å²) in [6.07, 6.45) is 9.37. The lowest BCUT2D eigenvalue weighted by molar-refractivity contribution is 0.577. The van der Waals surface area contributed by atoms with E-state index in [9.17, 15) is 4.39 Å². The van der Waals surface area contributed by atoms with Gasteiger partial charge in [-0.1, -0.05) is 12.6 Å². The Morgan fingerprint density at radius 3 is 2.46 bits per heavy atom. The molecule has 0 atom stereocenters. The first-order valence-corrected chi connectivity index (χ1v) is 12.5. The van der Waals surface area contributed by atoms with E-state index in [1.807, 2.05) is 30.6 Å². The average Bonchev–Trinajstić information content (AvgIpc) is 3.38. The van der Waals surface area contributed by atoms with Gasteiger partial charge in [0.25, 0.3) is 0 Å². The molecule has 0 spiro atoms. The molecule has 0 aliphatic carbocycles. The van der Waals surface area contributed by atoms with E-state index in [0.29, 0.717) is 5.70 Å². The zero-order chi connectivity index (χ0) is 25.2.